The number of hydrogen-bond acceptors (Lipinski definition) is 0. The van der Waals surface area contributed by atoms with Crippen LogP contribution in [0.4, 0.5) is 13.2 Å². The maximum Gasteiger partial charge on any atom is 0.266 e. The van der Waals surface area contributed by atoms with E-state index in [2.05, 4.69) is 15.9 Å². The molecule has 0 saturated heterocycles. The highest BCUT2D eigenvalue weighted by molar-refractivity contribution is 9.09. The van der Waals surface area contributed by atoms with Gasteiger partial charge in [-0.2, -0.15) is 0 Å². The van der Waals surface area contributed by atoms with Crippen LogP contribution >= 0.6 is 27.5 Å². The summed E-state index contributed by atoms with van der Waals surface area (Å²) >= 11 is 8.64. The number of alkyl halides is 3. The second kappa shape index (κ2) is 5.75. The Morgan fingerprint density at radius 2 is 2.00 bits per heavy atom. The van der Waals surface area contributed by atoms with Gasteiger partial charge in [-0.25, -0.2) is 13.2 Å². The van der Waals surface area contributed by atoms with Gasteiger partial charge in [0, 0.05) is 5.33 Å². The molecule has 0 radical (unpaired) electrons. The second-order valence-corrected chi connectivity index (χ2v) is 4.23. The highest BCUT2D eigenvalue weighted by atomic mass is 79.9. The van der Waals surface area contributed by atoms with Gasteiger partial charge in [-0.15, -0.1) is 0 Å². The Morgan fingerprint density at radius 1 is 1.33 bits per heavy atom. The molecule has 0 atom stereocenters. The summed E-state index contributed by atoms with van der Waals surface area (Å²) < 4.78 is 38.5. The number of rotatable bonds is 4. The van der Waals surface area contributed by atoms with Gasteiger partial charge in [-0.3, -0.25) is 0 Å². The fourth-order valence-corrected chi connectivity index (χ4v) is 1.76. The van der Waals surface area contributed by atoms with Crippen molar-refractivity contribution in [2.45, 2.75) is 19.3 Å². The number of halogens is 5. The Labute approximate surface area is 99.6 Å². The Balaban J connectivity index is 3.09. The number of aryl methyl sites for hydroxylation is 1. The summed E-state index contributed by atoms with van der Waals surface area (Å²) in [5, 5.41) is 0.438. The van der Waals surface area contributed by atoms with E-state index in [1.807, 2.05) is 0 Å². The van der Waals surface area contributed by atoms with Crippen LogP contribution in [0.25, 0.3) is 0 Å². The summed E-state index contributed by atoms with van der Waals surface area (Å²) in [5.41, 5.74) is -0.241. The predicted octanol–water partition coefficient (Wildman–Crippen LogP) is 4.74. The van der Waals surface area contributed by atoms with Gasteiger partial charge in [-0.05, 0) is 24.5 Å². The molecule has 84 valence electrons. The van der Waals surface area contributed by atoms with Crippen molar-refractivity contribution in [3.05, 3.63) is 34.1 Å². The van der Waals surface area contributed by atoms with E-state index in [4.69, 9.17) is 11.6 Å². The zero-order valence-corrected chi connectivity index (χ0v) is 10.1. The zero-order chi connectivity index (χ0) is 11.4. The molecular formula is C10H9BrClF3. The molecule has 0 aliphatic heterocycles. The molecule has 0 aliphatic rings. The molecule has 1 aromatic carbocycles. The van der Waals surface area contributed by atoms with Gasteiger partial charge in [0.25, 0.3) is 6.43 Å². The van der Waals surface area contributed by atoms with Gasteiger partial charge in [0.2, 0.25) is 0 Å². The lowest BCUT2D eigenvalue weighted by molar-refractivity contribution is 0.145. The van der Waals surface area contributed by atoms with Crippen LogP contribution in [0, 0.1) is 5.82 Å². The fraction of sp³-hybridized carbons (Fsp3) is 0.400. The van der Waals surface area contributed by atoms with Crippen molar-refractivity contribution < 1.29 is 13.2 Å². The molecule has 0 nitrogen and oxygen atoms in total. The van der Waals surface area contributed by atoms with E-state index in [9.17, 15) is 13.2 Å². The Kier molecular flexibility index (Phi) is 4.93. The van der Waals surface area contributed by atoms with E-state index < -0.39 is 17.8 Å². The van der Waals surface area contributed by atoms with Crippen molar-refractivity contribution in [3.8, 4) is 0 Å². The van der Waals surface area contributed by atoms with Gasteiger partial charge in [0.05, 0.1) is 10.6 Å². The molecular weight excluding hydrogens is 292 g/mol. The summed E-state index contributed by atoms with van der Waals surface area (Å²) in [7, 11) is 0. The van der Waals surface area contributed by atoms with Crippen LogP contribution in [-0.2, 0) is 6.42 Å². The molecule has 0 amide bonds. The van der Waals surface area contributed by atoms with Crippen LogP contribution in [0.1, 0.15) is 24.0 Å². The van der Waals surface area contributed by atoms with Crippen molar-refractivity contribution in [1.29, 1.82) is 0 Å². The molecule has 0 heterocycles. The molecule has 0 aromatic heterocycles. The molecule has 1 rings (SSSR count). The smallest absolute Gasteiger partial charge is 0.205 e. The summed E-state index contributed by atoms with van der Waals surface area (Å²) in [5.74, 6) is -1.00. The van der Waals surface area contributed by atoms with Crippen molar-refractivity contribution in [1.82, 2.24) is 0 Å². The maximum absolute atomic E-state index is 13.3. The first kappa shape index (κ1) is 12.8. The van der Waals surface area contributed by atoms with E-state index in [1.165, 1.54) is 12.1 Å². The van der Waals surface area contributed by atoms with Crippen LogP contribution < -0.4 is 0 Å². The van der Waals surface area contributed by atoms with E-state index in [0.29, 0.717) is 23.7 Å². The SMILES string of the molecule is Fc1c(Cl)ccc(CCCBr)c1C(F)F. The average molecular weight is 302 g/mol. The van der Waals surface area contributed by atoms with Crippen LogP contribution in [-0.4, -0.2) is 5.33 Å². The summed E-state index contributed by atoms with van der Waals surface area (Å²) in [4.78, 5) is 0. The summed E-state index contributed by atoms with van der Waals surface area (Å²) in [6.07, 6.45) is -1.73. The van der Waals surface area contributed by atoms with E-state index in [1.54, 1.807) is 0 Å². The fourth-order valence-electron chi connectivity index (χ4n) is 1.32. The molecule has 0 bridgehead atoms. The van der Waals surface area contributed by atoms with Crippen molar-refractivity contribution in [3.63, 3.8) is 0 Å². The zero-order valence-electron chi connectivity index (χ0n) is 7.74. The van der Waals surface area contributed by atoms with Gasteiger partial charge >= 0.3 is 0 Å². The normalized spacial score (nSPS) is 11.1. The minimum absolute atomic E-state index is 0.257. The lowest BCUT2D eigenvalue weighted by Crippen LogP contribution is -2.00. The third kappa shape index (κ3) is 3.11. The predicted molar refractivity (Wildman–Crippen MR) is 58.5 cm³/mol. The van der Waals surface area contributed by atoms with Crippen LogP contribution in [0.5, 0.6) is 0 Å². The first-order chi connectivity index (χ1) is 7.07. The molecule has 0 N–H and O–H groups in total. The Morgan fingerprint density at radius 3 is 2.53 bits per heavy atom. The topological polar surface area (TPSA) is 0 Å². The molecule has 0 spiro atoms. The monoisotopic (exact) mass is 300 g/mol. The molecule has 1 aromatic rings. The number of benzene rings is 1. The van der Waals surface area contributed by atoms with Crippen molar-refractivity contribution in [2.75, 3.05) is 5.33 Å². The quantitative estimate of drug-likeness (QED) is 0.704. The molecule has 0 aliphatic carbocycles. The van der Waals surface area contributed by atoms with E-state index in [-0.39, 0.29) is 5.02 Å². The Bertz CT molecular complexity index is 342. The largest absolute Gasteiger partial charge is 0.266 e. The summed E-state index contributed by atoms with van der Waals surface area (Å²) in [6.45, 7) is 0. The standard InChI is InChI=1S/C10H9BrClF3/c11-5-1-2-6-3-4-7(12)9(13)8(6)10(14)15/h3-4,10H,1-2,5H2. The van der Waals surface area contributed by atoms with E-state index in [0.717, 1.165) is 0 Å². The molecule has 5 heteroatoms. The van der Waals surface area contributed by atoms with Gasteiger partial charge in [-0.1, -0.05) is 33.6 Å². The van der Waals surface area contributed by atoms with Crippen molar-refractivity contribution >= 4 is 27.5 Å². The van der Waals surface area contributed by atoms with Gasteiger partial charge in [0.1, 0.15) is 0 Å². The number of hydrogen-bond donors (Lipinski definition) is 0. The van der Waals surface area contributed by atoms with Crippen molar-refractivity contribution in [2.24, 2.45) is 0 Å². The van der Waals surface area contributed by atoms with Crippen LogP contribution in [0.2, 0.25) is 5.02 Å². The highest BCUT2D eigenvalue weighted by Crippen LogP contribution is 2.30. The van der Waals surface area contributed by atoms with Crippen LogP contribution in [0.15, 0.2) is 12.1 Å². The first-order valence-electron chi connectivity index (χ1n) is 4.38. The first-order valence-corrected chi connectivity index (χ1v) is 5.88. The second-order valence-electron chi connectivity index (χ2n) is 3.03. The minimum atomic E-state index is -2.82. The van der Waals surface area contributed by atoms with Gasteiger partial charge in [0.15, 0.2) is 5.82 Å². The Hall–Kier alpha value is -0.220. The lowest BCUT2D eigenvalue weighted by atomic mass is 10.0. The maximum atomic E-state index is 13.3. The minimum Gasteiger partial charge on any atom is -0.205 e. The summed E-state index contributed by atoms with van der Waals surface area (Å²) in [6, 6.07) is 2.77. The third-order valence-corrected chi connectivity index (χ3v) is 2.87. The van der Waals surface area contributed by atoms with Crippen LogP contribution in [0.3, 0.4) is 0 Å². The molecule has 0 saturated carbocycles. The third-order valence-electron chi connectivity index (χ3n) is 2.02. The average Bonchev–Trinajstić information content (AvgIpc) is 2.19. The van der Waals surface area contributed by atoms with E-state index >= 15 is 0 Å². The molecule has 15 heavy (non-hydrogen) atoms. The molecule has 0 unspecified atom stereocenters. The van der Waals surface area contributed by atoms with Gasteiger partial charge < -0.3 is 0 Å². The lowest BCUT2D eigenvalue weighted by Gasteiger charge is -2.10. The highest BCUT2D eigenvalue weighted by Gasteiger charge is 2.20. The molecule has 0 fully saturated rings.